The first-order chi connectivity index (χ1) is 16.2. The third-order valence-electron chi connectivity index (χ3n) is 5.51. The molecule has 33 heavy (non-hydrogen) atoms. The van der Waals surface area contributed by atoms with E-state index in [1.54, 1.807) is 21.8 Å². The normalized spacial score (nSPS) is 13.1. The summed E-state index contributed by atoms with van der Waals surface area (Å²) in [5, 5.41) is 10.5. The average Bonchev–Trinajstić information content (AvgIpc) is 3.47. The van der Waals surface area contributed by atoms with E-state index in [4.69, 9.17) is 5.10 Å². The van der Waals surface area contributed by atoms with Crippen LogP contribution in [-0.2, 0) is 6.54 Å². The lowest BCUT2D eigenvalue weighted by atomic mass is 10.1. The van der Waals surface area contributed by atoms with Gasteiger partial charge in [0.15, 0.2) is 0 Å². The van der Waals surface area contributed by atoms with Crippen LogP contribution >= 0.6 is 0 Å². The molecule has 164 valence electrons. The Morgan fingerprint density at radius 3 is 2.45 bits per heavy atom. The van der Waals surface area contributed by atoms with Crippen molar-refractivity contribution in [3.63, 3.8) is 0 Å². The van der Waals surface area contributed by atoms with Gasteiger partial charge in [-0.25, -0.2) is 4.79 Å². The molecule has 1 fully saturated rings. The zero-order valence-electron chi connectivity index (χ0n) is 17.9. The highest BCUT2D eigenvalue weighted by atomic mass is 16.2. The number of nitrogens with one attached hydrogen (secondary N) is 2. The maximum atomic E-state index is 13.3. The molecule has 7 nitrogen and oxygen atoms in total. The van der Waals surface area contributed by atoms with Gasteiger partial charge in [-0.15, -0.1) is 0 Å². The smallest absolute Gasteiger partial charge is 0.321 e. The van der Waals surface area contributed by atoms with Gasteiger partial charge < -0.3 is 10.6 Å². The number of carbonyl (C=O) groups excluding carboxylic acids is 2. The molecular formula is C26H23N5O2. The first kappa shape index (κ1) is 20.5. The summed E-state index contributed by atoms with van der Waals surface area (Å²) in [5.41, 5.74) is 4.44. The maximum Gasteiger partial charge on any atom is 0.321 e. The quantitative estimate of drug-likeness (QED) is 0.470. The third kappa shape index (κ3) is 4.48. The summed E-state index contributed by atoms with van der Waals surface area (Å²) in [6.07, 6.45) is 1.78. The molecule has 0 aliphatic carbocycles. The molecule has 3 amide bonds. The first-order valence-corrected chi connectivity index (χ1v) is 10.8. The summed E-state index contributed by atoms with van der Waals surface area (Å²) in [6.45, 7) is 1.77. The Morgan fingerprint density at radius 1 is 0.970 bits per heavy atom. The van der Waals surface area contributed by atoms with E-state index in [2.05, 4.69) is 10.6 Å². The predicted octanol–water partition coefficient (Wildman–Crippen LogP) is 4.38. The summed E-state index contributed by atoms with van der Waals surface area (Å²) in [4.78, 5) is 27.0. The van der Waals surface area contributed by atoms with E-state index in [9.17, 15) is 9.59 Å². The Hall–Kier alpha value is -4.39. The molecule has 0 unspecified atom stereocenters. The Balaban J connectivity index is 1.44. The fourth-order valence-electron chi connectivity index (χ4n) is 3.92. The molecule has 0 radical (unpaired) electrons. The van der Waals surface area contributed by atoms with Crippen molar-refractivity contribution in [1.29, 1.82) is 0 Å². The molecule has 1 aliphatic heterocycles. The largest absolute Gasteiger partial charge is 0.336 e. The number of benzene rings is 3. The summed E-state index contributed by atoms with van der Waals surface area (Å²) in [6, 6.07) is 26.8. The Bertz CT molecular complexity index is 1280. The molecule has 4 aromatic rings. The van der Waals surface area contributed by atoms with Gasteiger partial charge in [-0.05, 0) is 23.8 Å². The van der Waals surface area contributed by atoms with Crippen molar-refractivity contribution in [2.45, 2.75) is 6.54 Å². The van der Waals surface area contributed by atoms with Crippen molar-refractivity contribution in [1.82, 2.24) is 15.1 Å². The van der Waals surface area contributed by atoms with Crippen LogP contribution in [0.1, 0.15) is 15.9 Å². The molecule has 7 heteroatoms. The number of nitrogens with zero attached hydrogens (tertiary/aromatic N) is 3. The predicted molar refractivity (Wildman–Crippen MR) is 128 cm³/mol. The minimum Gasteiger partial charge on any atom is -0.336 e. The SMILES string of the molecule is O=C(Nc1cccc(N2CCNC2=O)c1)c1cn(Cc2ccccc2)nc1-c1ccccc1. The van der Waals surface area contributed by atoms with Crippen LogP contribution in [0.15, 0.2) is 91.1 Å². The number of rotatable bonds is 6. The number of urea groups is 1. The van der Waals surface area contributed by atoms with Gasteiger partial charge >= 0.3 is 6.03 Å². The van der Waals surface area contributed by atoms with Crippen LogP contribution in [0.2, 0.25) is 0 Å². The number of hydrogen-bond acceptors (Lipinski definition) is 3. The third-order valence-corrected chi connectivity index (χ3v) is 5.51. The Kier molecular flexibility index (Phi) is 5.59. The number of hydrogen-bond donors (Lipinski definition) is 2. The molecule has 1 aromatic heterocycles. The Labute approximate surface area is 191 Å². The molecule has 0 spiro atoms. The van der Waals surface area contributed by atoms with Crippen LogP contribution in [0.4, 0.5) is 16.2 Å². The van der Waals surface area contributed by atoms with Crippen molar-refractivity contribution >= 4 is 23.3 Å². The van der Waals surface area contributed by atoms with Crippen LogP contribution in [-0.4, -0.2) is 34.8 Å². The fraction of sp³-hybridized carbons (Fsp3) is 0.115. The van der Waals surface area contributed by atoms with Crippen LogP contribution < -0.4 is 15.5 Å². The van der Waals surface area contributed by atoms with E-state index < -0.39 is 0 Å². The zero-order chi connectivity index (χ0) is 22.6. The lowest BCUT2D eigenvalue weighted by molar-refractivity contribution is 0.102. The van der Waals surface area contributed by atoms with Crippen molar-refractivity contribution in [3.8, 4) is 11.3 Å². The Morgan fingerprint density at radius 2 is 1.73 bits per heavy atom. The van der Waals surface area contributed by atoms with E-state index >= 15 is 0 Å². The highest BCUT2D eigenvalue weighted by molar-refractivity contribution is 6.08. The van der Waals surface area contributed by atoms with Gasteiger partial charge in [-0.1, -0.05) is 66.7 Å². The average molecular weight is 438 g/mol. The van der Waals surface area contributed by atoms with E-state index in [0.717, 1.165) is 16.8 Å². The highest BCUT2D eigenvalue weighted by Gasteiger charge is 2.22. The molecule has 3 aromatic carbocycles. The molecular weight excluding hydrogens is 414 g/mol. The van der Waals surface area contributed by atoms with Gasteiger partial charge in [0.2, 0.25) is 0 Å². The number of amides is 3. The lowest BCUT2D eigenvalue weighted by Crippen LogP contribution is -2.27. The minimum absolute atomic E-state index is 0.132. The second kappa shape index (κ2) is 9.00. The van der Waals surface area contributed by atoms with Gasteiger partial charge in [0.1, 0.15) is 5.69 Å². The summed E-state index contributed by atoms with van der Waals surface area (Å²) in [7, 11) is 0. The molecule has 1 saturated heterocycles. The number of anilines is 2. The van der Waals surface area contributed by atoms with Crippen LogP contribution in [0, 0.1) is 0 Å². The lowest BCUT2D eigenvalue weighted by Gasteiger charge is -2.15. The zero-order valence-corrected chi connectivity index (χ0v) is 17.9. The second-order valence-electron chi connectivity index (χ2n) is 7.83. The summed E-state index contributed by atoms with van der Waals surface area (Å²) >= 11 is 0. The summed E-state index contributed by atoms with van der Waals surface area (Å²) < 4.78 is 1.79. The molecule has 0 saturated carbocycles. The maximum absolute atomic E-state index is 13.3. The van der Waals surface area contributed by atoms with Crippen molar-refractivity contribution in [2.75, 3.05) is 23.3 Å². The second-order valence-corrected chi connectivity index (χ2v) is 7.83. The van der Waals surface area contributed by atoms with Gasteiger partial charge in [0, 0.05) is 36.2 Å². The first-order valence-electron chi connectivity index (χ1n) is 10.8. The van der Waals surface area contributed by atoms with E-state index in [0.29, 0.717) is 36.6 Å². The monoisotopic (exact) mass is 437 g/mol. The molecule has 5 rings (SSSR count). The fourth-order valence-corrected chi connectivity index (χ4v) is 3.92. The topological polar surface area (TPSA) is 79.3 Å². The van der Waals surface area contributed by atoms with E-state index in [1.807, 2.05) is 78.9 Å². The highest BCUT2D eigenvalue weighted by Crippen LogP contribution is 2.25. The van der Waals surface area contributed by atoms with E-state index in [-0.39, 0.29) is 11.9 Å². The van der Waals surface area contributed by atoms with Crippen molar-refractivity contribution in [2.24, 2.45) is 0 Å². The van der Waals surface area contributed by atoms with E-state index in [1.165, 1.54) is 0 Å². The van der Waals surface area contributed by atoms with Crippen molar-refractivity contribution < 1.29 is 9.59 Å². The summed E-state index contributed by atoms with van der Waals surface area (Å²) in [5.74, 6) is -0.254. The number of aromatic nitrogens is 2. The molecule has 0 bridgehead atoms. The van der Waals surface area contributed by atoms with Crippen LogP contribution in [0.5, 0.6) is 0 Å². The molecule has 0 atom stereocenters. The van der Waals surface area contributed by atoms with Crippen LogP contribution in [0.3, 0.4) is 0 Å². The van der Waals surface area contributed by atoms with Gasteiger partial charge in [0.05, 0.1) is 12.1 Å². The standard InChI is InChI=1S/C26H23N5O2/c32-25(28-21-12-7-13-22(16-21)31-15-14-27-26(31)33)23-18-30(17-19-8-3-1-4-9-19)29-24(23)20-10-5-2-6-11-20/h1-13,16,18H,14-15,17H2,(H,27,33)(H,28,32). The van der Waals surface area contributed by atoms with Gasteiger partial charge in [-0.3, -0.25) is 14.4 Å². The molecule has 2 N–H and O–H groups in total. The number of carbonyl (C=O) groups is 2. The van der Waals surface area contributed by atoms with Crippen molar-refractivity contribution in [3.05, 3.63) is 102 Å². The molecule has 2 heterocycles. The van der Waals surface area contributed by atoms with Gasteiger partial charge in [0.25, 0.3) is 5.91 Å². The molecule has 1 aliphatic rings. The van der Waals surface area contributed by atoms with Gasteiger partial charge in [-0.2, -0.15) is 5.10 Å². The van der Waals surface area contributed by atoms with Crippen LogP contribution in [0.25, 0.3) is 11.3 Å². The minimum atomic E-state index is -0.254.